The Bertz CT molecular complexity index is 914. The molecule has 1 saturated heterocycles. The predicted molar refractivity (Wildman–Crippen MR) is 117 cm³/mol. The number of anilines is 1. The lowest BCUT2D eigenvalue weighted by Gasteiger charge is -2.32. The van der Waals surface area contributed by atoms with Gasteiger partial charge in [0.05, 0.1) is 12.2 Å². The van der Waals surface area contributed by atoms with Crippen molar-refractivity contribution in [1.29, 1.82) is 0 Å². The van der Waals surface area contributed by atoms with E-state index in [1.54, 1.807) is 6.07 Å². The molecule has 1 amide bonds. The maximum atomic E-state index is 13.6. The standard InChI is InChI=1S/C23H30F3N5O/c1-2-18-12-20(23(24,25)26)31-21(28-18)13-19(29-31)17-9-11-30(14-17)15-22(32)27-10-8-16-6-4-3-5-7-16/h3-7,13,17-18,20,28H,2,8-12,14-15H2,1H3,(H,27,32)/t17-,18-,20+/m1/s1. The van der Waals surface area contributed by atoms with Gasteiger partial charge in [-0.05, 0) is 37.8 Å². The molecule has 0 unspecified atom stereocenters. The Morgan fingerprint density at radius 3 is 2.78 bits per heavy atom. The molecule has 174 valence electrons. The second-order valence-electron chi connectivity index (χ2n) is 8.75. The van der Waals surface area contributed by atoms with Crippen LogP contribution in [0.4, 0.5) is 19.0 Å². The maximum absolute atomic E-state index is 13.6. The second kappa shape index (κ2) is 9.52. The molecule has 1 aromatic carbocycles. The minimum Gasteiger partial charge on any atom is -0.367 e. The number of nitrogens with one attached hydrogen (secondary N) is 2. The molecule has 0 bridgehead atoms. The van der Waals surface area contributed by atoms with E-state index in [2.05, 4.69) is 15.7 Å². The van der Waals surface area contributed by atoms with Crippen LogP contribution in [0.3, 0.4) is 0 Å². The van der Waals surface area contributed by atoms with Gasteiger partial charge in [0.2, 0.25) is 5.91 Å². The van der Waals surface area contributed by atoms with Crippen LogP contribution in [0.1, 0.15) is 49.4 Å². The fourth-order valence-corrected chi connectivity index (χ4v) is 4.60. The summed E-state index contributed by atoms with van der Waals surface area (Å²) in [6.07, 6.45) is -2.14. The van der Waals surface area contributed by atoms with E-state index in [0.717, 1.165) is 24.1 Å². The molecular formula is C23H30F3N5O. The van der Waals surface area contributed by atoms with Gasteiger partial charge in [-0.1, -0.05) is 37.3 Å². The summed E-state index contributed by atoms with van der Waals surface area (Å²) in [6, 6.07) is 9.93. The molecule has 4 rings (SSSR count). The van der Waals surface area contributed by atoms with Crippen molar-refractivity contribution in [3.63, 3.8) is 0 Å². The third-order valence-corrected chi connectivity index (χ3v) is 6.42. The van der Waals surface area contributed by atoms with E-state index in [1.807, 2.05) is 42.2 Å². The molecule has 3 atom stereocenters. The lowest BCUT2D eigenvalue weighted by molar-refractivity contribution is -0.173. The van der Waals surface area contributed by atoms with E-state index in [-0.39, 0.29) is 24.3 Å². The third kappa shape index (κ3) is 5.26. The summed E-state index contributed by atoms with van der Waals surface area (Å²) >= 11 is 0. The van der Waals surface area contributed by atoms with Crippen molar-refractivity contribution in [3.05, 3.63) is 47.7 Å². The molecule has 32 heavy (non-hydrogen) atoms. The van der Waals surface area contributed by atoms with Crippen LogP contribution in [0.15, 0.2) is 36.4 Å². The van der Waals surface area contributed by atoms with Gasteiger partial charge in [-0.15, -0.1) is 0 Å². The Hall–Kier alpha value is -2.55. The second-order valence-corrected chi connectivity index (χ2v) is 8.75. The van der Waals surface area contributed by atoms with Gasteiger partial charge in [0.15, 0.2) is 6.04 Å². The molecular weight excluding hydrogens is 419 g/mol. The fourth-order valence-electron chi connectivity index (χ4n) is 4.60. The number of aromatic nitrogens is 2. The van der Waals surface area contributed by atoms with Crippen molar-refractivity contribution < 1.29 is 18.0 Å². The Morgan fingerprint density at radius 2 is 2.06 bits per heavy atom. The number of nitrogens with zero attached hydrogens (tertiary/aromatic N) is 3. The normalized spacial score (nSPS) is 23.6. The van der Waals surface area contributed by atoms with Crippen LogP contribution < -0.4 is 10.6 Å². The number of halogens is 3. The van der Waals surface area contributed by atoms with E-state index in [9.17, 15) is 18.0 Å². The van der Waals surface area contributed by atoms with Crippen molar-refractivity contribution >= 4 is 11.7 Å². The first-order valence-electron chi connectivity index (χ1n) is 11.3. The maximum Gasteiger partial charge on any atom is 0.410 e. The zero-order valence-corrected chi connectivity index (χ0v) is 18.2. The number of rotatable bonds is 7. The molecule has 0 radical (unpaired) electrons. The average molecular weight is 450 g/mol. The highest BCUT2D eigenvalue weighted by molar-refractivity contribution is 5.78. The van der Waals surface area contributed by atoms with Gasteiger partial charge in [-0.2, -0.15) is 18.3 Å². The summed E-state index contributed by atoms with van der Waals surface area (Å²) < 4.78 is 41.9. The molecule has 2 N–H and O–H groups in total. The highest BCUT2D eigenvalue weighted by atomic mass is 19.4. The number of amides is 1. The molecule has 1 aromatic heterocycles. The van der Waals surface area contributed by atoms with Crippen molar-refractivity contribution in [1.82, 2.24) is 20.0 Å². The zero-order chi connectivity index (χ0) is 22.7. The zero-order valence-electron chi connectivity index (χ0n) is 18.2. The number of carbonyl (C=O) groups excluding carboxylic acids is 1. The highest BCUT2D eigenvalue weighted by Gasteiger charge is 2.46. The van der Waals surface area contributed by atoms with Crippen LogP contribution in [0.25, 0.3) is 0 Å². The number of benzene rings is 1. The van der Waals surface area contributed by atoms with Crippen LogP contribution in [0.2, 0.25) is 0 Å². The van der Waals surface area contributed by atoms with Crippen molar-refractivity contribution in [2.45, 2.75) is 56.8 Å². The van der Waals surface area contributed by atoms with Gasteiger partial charge < -0.3 is 10.6 Å². The van der Waals surface area contributed by atoms with Crippen LogP contribution >= 0.6 is 0 Å². The quantitative estimate of drug-likeness (QED) is 0.676. The largest absolute Gasteiger partial charge is 0.410 e. The summed E-state index contributed by atoms with van der Waals surface area (Å²) in [5.41, 5.74) is 1.85. The Morgan fingerprint density at radius 1 is 1.28 bits per heavy atom. The number of fused-ring (bicyclic) bond motifs is 1. The molecule has 2 aromatic rings. The Labute approximate surface area is 186 Å². The first-order chi connectivity index (χ1) is 15.3. The minimum atomic E-state index is -4.33. The lowest BCUT2D eigenvalue weighted by atomic mass is 10.0. The topological polar surface area (TPSA) is 62.2 Å². The van der Waals surface area contributed by atoms with E-state index < -0.39 is 12.2 Å². The molecule has 3 heterocycles. The number of hydrogen-bond acceptors (Lipinski definition) is 4. The first kappa shape index (κ1) is 22.6. The molecule has 9 heteroatoms. The average Bonchev–Trinajstić information content (AvgIpc) is 3.39. The van der Waals surface area contributed by atoms with E-state index in [1.165, 1.54) is 5.56 Å². The molecule has 2 aliphatic rings. The summed E-state index contributed by atoms with van der Waals surface area (Å²) in [4.78, 5) is 14.4. The smallest absolute Gasteiger partial charge is 0.367 e. The number of likely N-dealkylation sites (tertiary alicyclic amines) is 1. The van der Waals surface area contributed by atoms with Crippen LogP contribution in [0, 0.1) is 0 Å². The van der Waals surface area contributed by atoms with Gasteiger partial charge in [0.1, 0.15) is 5.82 Å². The van der Waals surface area contributed by atoms with Gasteiger partial charge in [0, 0.05) is 31.1 Å². The molecule has 6 nitrogen and oxygen atoms in total. The lowest BCUT2D eigenvalue weighted by Crippen LogP contribution is -2.38. The Kier molecular flexibility index (Phi) is 6.74. The fraction of sp³-hybridized carbons (Fsp3) is 0.565. The number of alkyl halides is 3. The molecule has 2 aliphatic heterocycles. The van der Waals surface area contributed by atoms with E-state index >= 15 is 0 Å². The van der Waals surface area contributed by atoms with Gasteiger partial charge in [-0.3, -0.25) is 9.69 Å². The van der Waals surface area contributed by atoms with E-state index in [0.29, 0.717) is 37.6 Å². The minimum absolute atomic E-state index is 0.00589. The third-order valence-electron chi connectivity index (χ3n) is 6.42. The summed E-state index contributed by atoms with van der Waals surface area (Å²) in [5.74, 6) is 0.439. The number of carbonyl (C=O) groups is 1. The van der Waals surface area contributed by atoms with Crippen molar-refractivity contribution in [3.8, 4) is 0 Å². The van der Waals surface area contributed by atoms with Crippen molar-refractivity contribution in [2.75, 3.05) is 31.5 Å². The van der Waals surface area contributed by atoms with Gasteiger partial charge in [-0.25, -0.2) is 4.68 Å². The first-order valence-corrected chi connectivity index (χ1v) is 11.3. The van der Waals surface area contributed by atoms with Crippen LogP contribution in [-0.4, -0.2) is 59.0 Å². The number of hydrogen-bond donors (Lipinski definition) is 2. The monoisotopic (exact) mass is 449 g/mol. The molecule has 0 spiro atoms. The van der Waals surface area contributed by atoms with E-state index in [4.69, 9.17) is 0 Å². The summed E-state index contributed by atoms with van der Waals surface area (Å²) in [6.45, 7) is 4.11. The predicted octanol–water partition coefficient (Wildman–Crippen LogP) is 3.73. The molecule has 1 fully saturated rings. The summed E-state index contributed by atoms with van der Waals surface area (Å²) in [5, 5.41) is 10.5. The molecule has 0 aliphatic carbocycles. The highest BCUT2D eigenvalue weighted by Crippen LogP contribution is 2.41. The van der Waals surface area contributed by atoms with Gasteiger partial charge >= 0.3 is 6.18 Å². The summed E-state index contributed by atoms with van der Waals surface area (Å²) in [7, 11) is 0. The molecule has 0 saturated carbocycles. The SMILES string of the molecule is CC[C@@H]1C[C@@H](C(F)(F)F)n2nc([C@@H]3CCN(CC(=O)NCCc4ccccc4)C3)cc2N1. The van der Waals surface area contributed by atoms with Crippen molar-refractivity contribution in [2.24, 2.45) is 0 Å². The van der Waals surface area contributed by atoms with Gasteiger partial charge in [0.25, 0.3) is 0 Å². The van der Waals surface area contributed by atoms with Crippen LogP contribution in [-0.2, 0) is 11.2 Å². The Balaban J connectivity index is 1.32. The van der Waals surface area contributed by atoms with Crippen LogP contribution in [0.5, 0.6) is 0 Å².